The Bertz CT molecular complexity index is 788. The van der Waals surface area contributed by atoms with Crippen LogP contribution in [0, 0.1) is 0 Å². The molecule has 1 amide bonds. The average Bonchev–Trinajstić information content (AvgIpc) is 3.10. The molecule has 1 aromatic carbocycles. The molecule has 0 N–H and O–H groups in total. The predicted molar refractivity (Wildman–Crippen MR) is 111 cm³/mol. The molecule has 28 heavy (non-hydrogen) atoms. The van der Waals surface area contributed by atoms with E-state index in [-0.39, 0.29) is 5.91 Å². The highest BCUT2D eigenvalue weighted by atomic mass is 35.5. The average molecular weight is 424 g/mol. The fraction of sp³-hybridized carbons (Fsp3) is 0.500. The van der Waals surface area contributed by atoms with E-state index in [4.69, 9.17) is 21.1 Å². The fourth-order valence-electron chi connectivity index (χ4n) is 3.06. The lowest BCUT2D eigenvalue weighted by Crippen LogP contribution is -2.47. The molecule has 1 fully saturated rings. The molecule has 0 bridgehead atoms. The third-order valence-corrected chi connectivity index (χ3v) is 5.64. The summed E-state index contributed by atoms with van der Waals surface area (Å²) in [5, 5.41) is 3.71. The van der Waals surface area contributed by atoms with E-state index in [0.29, 0.717) is 17.3 Å². The highest BCUT2D eigenvalue weighted by molar-refractivity contribution is 7.09. The maximum atomic E-state index is 12.9. The van der Waals surface area contributed by atoms with Crippen molar-refractivity contribution in [3.05, 3.63) is 45.4 Å². The van der Waals surface area contributed by atoms with Gasteiger partial charge >= 0.3 is 0 Å². The van der Waals surface area contributed by atoms with Gasteiger partial charge in [-0.05, 0) is 38.1 Å². The Labute approximate surface area is 175 Å². The van der Waals surface area contributed by atoms with Gasteiger partial charge in [-0.2, -0.15) is 0 Å². The Kier molecular flexibility index (Phi) is 6.93. The molecule has 1 aliphatic rings. The Balaban J connectivity index is 1.56. The second kappa shape index (κ2) is 9.22. The van der Waals surface area contributed by atoms with Crippen molar-refractivity contribution in [1.29, 1.82) is 0 Å². The molecule has 1 aromatic heterocycles. The van der Waals surface area contributed by atoms with Gasteiger partial charge < -0.3 is 14.4 Å². The lowest BCUT2D eigenvalue weighted by molar-refractivity contribution is -0.144. The number of ether oxygens (including phenoxy) is 2. The number of aromatic nitrogens is 1. The molecule has 1 saturated heterocycles. The summed E-state index contributed by atoms with van der Waals surface area (Å²) in [6.45, 7) is 8.24. The van der Waals surface area contributed by atoms with Gasteiger partial charge in [-0.25, -0.2) is 4.98 Å². The molecular weight excluding hydrogens is 398 g/mol. The minimum atomic E-state index is -0.991. The third kappa shape index (κ3) is 5.67. The molecule has 0 radical (unpaired) electrons. The van der Waals surface area contributed by atoms with Crippen molar-refractivity contribution in [2.45, 2.75) is 32.5 Å². The number of thiazole rings is 1. The van der Waals surface area contributed by atoms with Crippen LogP contribution in [0.1, 0.15) is 24.5 Å². The standard InChI is InChI=1S/C20H26ClN3O3S/c1-20(2,27-17-6-4-15(21)5-7-17)19(25)23(3)12-16-14-28-18(22-16)13-24-8-10-26-11-9-24/h4-7,14H,8-13H2,1-3H3. The van der Waals surface area contributed by atoms with Gasteiger partial charge in [0.2, 0.25) is 0 Å². The van der Waals surface area contributed by atoms with Crippen molar-refractivity contribution < 1.29 is 14.3 Å². The molecule has 6 nitrogen and oxygen atoms in total. The van der Waals surface area contributed by atoms with E-state index in [9.17, 15) is 4.79 Å². The van der Waals surface area contributed by atoms with E-state index < -0.39 is 5.60 Å². The Morgan fingerprint density at radius 1 is 1.32 bits per heavy atom. The zero-order valence-corrected chi connectivity index (χ0v) is 18.1. The summed E-state index contributed by atoms with van der Waals surface area (Å²) in [5.74, 6) is 0.503. The first-order chi connectivity index (χ1) is 13.3. The fourth-order valence-corrected chi connectivity index (χ4v) is 4.01. The number of nitrogens with zero attached hydrogens (tertiary/aromatic N) is 3. The van der Waals surface area contributed by atoms with Gasteiger partial charge in [0.05, 0.1) is 32.0 Å². The van der Waals surface area contributed by atoms with E-state index in [0.717, 1.165) is 43.5 Å². The molecule has 0 spiro atoms. The number of rotatable bonds is 7. The van der Waals surface area contributed by atoms with Crippen LogP contribution in [0.3, 0.4) is 0 Å². The quantitative estimate of drug-likeness (QED) is 0.682. The van der Waals surface area contributed by atoms with Crippen molar-refractivity contribution >= 4 is 28.8 Å². The van der Waals surface area contributed by atoms with Crippen LogP contribution in [0.15, 0.2) is 29.6 Å². The molecule has 8 heteroatoms. The third-order valence-electron chi connectivity index (χ3n) is 4.51. The van der Waals surface area contributed by atoms with Crippen molar-refractivity contribution in [1.82, 2.24) is 14.8 Å². The second-order valence-electron chi connectivity index (χ2n) is 7.35. The first-order valence-electron chi connectivity index (χ1n) is 9.27. The van der Waals surface area contributed by atoms with Gasteiger partial charge in [0.15, 0.2) is 5.60 Å². The number of carbonyl (C=O) groups excluding carboxylic acids is 1. The summed E-state index contributed by atoms with van der Waals surface area (Å²) in [6.07, 6.45) is 0. The SMILES string of the molecule is CN(Cc1csc(CN2CCOCC2)n1)C(=O)C(C)(C)Oc1ccc(Cl)cc1. The Morgan fingerprint density at radius 2 is 2.00 bits per heavy atom. The monoisotopic (exact) mass is 423 g/mol. The van der Waals surface area contributed by atoms with Crippen LogP contribution in [0.25, 0.3) is 0 Å². The topological polar surface area (TPSA) is 54.9 Å². The molecule has 2 aromatic rings. The lowest BCUT2D eigenvalue weighted by Gasteiger charge is -2.30. The van der Waals surface area contributed by atoms with E-state index in [1.807, 2.05) is 5.38 Å². The van der Waals surface area contributed by atoms with Crippen LogP contribution in [0.5, 0.6) is 5.75 Å². The van der Waals surface area contributed by atoms with Crippen LogP contribution in [-0.2, 0) is 22.6 Å². The number of morpholine rings is 1. The highest BCUT2D eigenvalue weighted by Crippen LogP contribution is 2.23. The Morgan fingerprint density at radius 3 is 2.68 bits per heavy atom. The molecule has 0 saturated carbocycles. The number of likely N-dealkylation sites (N-methyl/N-ethyl adjacent to an activating group) is 1. The van der Waals surface area contributed by atoms with E-state index in [1.54, 1.807) is 61.4 Å². The summed E-state index contributed by atoms with van der Waals surface area (Å²) in [6, 6.07) is 7.00. The van der Waals surface area contributed by atoms with Gasteiger partial charge in [-0.3, -0.25) is 9.69 Å². The summed E-state index contributed by atoms with van der Waals surface area (Å²) < 4.78 is 11.3. The zero-order valence-electron chi connectivity index (χ0n) is 16.5. The maximum absolute atomic E-state index is 12.9. The van der Waals surface area contributed by atoms with Gasteiger partial charge in [-0.1, -0.05) is 11.6 Å². The first kappa shape index (κ1) is 21.0. The van der Waals surface area contributed by atoms with Crippen LogP contribution in [0.4, 0.5) is 0 Å². The lowest BCUT2D eigenvalue weighted by atomic mass is 10.1. The van der Waals surface area contributed by atoms with E-state index >= 15 is 0 Å². The molecule has 3 rings (SSSR count). The second-order valence-corrected chi connectivity index (χ2v) is 8.73. The van der Waals surface area contributed by atoms with Crippen LogP contribution in [-0.4, -0.2) is 59.6 Å². The molecule has 0 aliphatic carbocycles. The number of benzene rings is 1. The predicted octanol–water partition coefficient (Wildman–Crippen LogP) is 3.44. The van der Waals surface area contributed by atoms with Gasteiger partial charge in [0, 0.05) is 30.5 Å². The van der Waals surface area contributed by atoms with Crippen molar-refractivity contribution in [2.24, 2.45) is 0 Å². The Hall–Kier alpha value is -1.67. The summed E-state index contributed by atoms with van der Waals surface area (Å²) in [4.78, 5) is 21.6. The molecule has 152 valence electrons. The van der Waals surface area contributed by atoms with E-state index in [1.165, 1.54) is 0 Å². The first-order valence-corrected chi connectivity index (χ1v) is 10.5. The van der Waals surface area contributed by atoms with Gasteiger partial charge in [0.25, 0.3) is 5.91 Å². The number of halogens is 1. The number of hydrogen-bond acceptors (Lipinski definition) is 6. The van der Waals surface area contributed by atoms with Gasteiger partial charge in [0.1, 0.15) is 10.8 Å². The molecule has 2 heterocycles. The van der Waals surface area contributed by atoms with Crippen LogP contribution < -0.4 is 4.74 Å². The minimum Gasteiger partial charge on any atom is -0.478 e. The minimum absolute atomic E-state index is 0.106. The summed E-state index contributed by atoms with van der Waals surface area (Å²) >= 11 is 7.54. The summed E-state index contributed by atoms with van der Waals surface area (Å²) in [5.41, 5.74) is -0.0960. The van der Waals surface area contributed by atoms with Crippen LogP contribution >= 0.6 is 22.9 Å². The van der Waals surface area contributed by atoms with Crippen LogP contribution in [0.2, 0.25) is 5.02 Å². The largest absolute Gasteiger partial charge is 0.478 e. The smallest absolute Gasteiger partial charge is 0.266 e. The normalized spacial score (nSPS) is 15.4. The highest BCUT2D eigenvalue weighted by Gasteiger charge is 2.33. The zero-order chi connectivity index (χ0) is 20.1. The van der Waals surface area contributed by atoms with E-state index in [2.05, 4.69) is 9.88 Å². The number of carbonyl (C=O) groups is 1. The summed E-state index contributed by atoms with van der Waals surface area (Å²) in [7, 11) is 1.77. The van der Waals surface area contributed by atoms with Crippen molar-refractivity contribution in [3.8, 4) is 5.75 Å². The molecule has 0 atom stereocenters. The molecular formula is C20H26ClN3O3S. The maximum Gasteiger partial charge on any atom is 0.266 e. The van der Waals surface area contributed by atoms with Crippen molar-refractivity contribution in [2.75, 3.05) is 33.4 Å². The number of hydrogen-bond donors (Lipinski definition) is 0. The van der Waals surface area contributed by atoms with Crippen molar-refractivity contribution in [3.63, 3.8) is 0 Å². The van der Waals surface area contributed by atoms with Gasteiger partial charge in [-0.15, -0.1) is 11.3 Å². The molecule has 0 unspecified atom stereocenters. The molecule has 1 aliphatic heterocycles. The number of amides is 1.